The first kappa shape index (κ1) is 19.7. The number of nitrogens with zero attached hydrogens (tertiary/aromatic N) is 1. The van der Waals surface area contributed by atoms with Crippen molar-refractivity contribution in [1.82, 2.24) is 4.57 Å². The lowest BCUT2D eigenvalue weighted by atomic mass is 9.47. The fraction of sp³-hybridized carbons (Fsp3) is 0.333. The number of hydrogen-bond donors (Lipinski definition) is 0. The Hall–Kier alpha value is -3.74. The Morgan fingerprint density at radius 3 is 2.59 bits per heavy atom. The lowest BCUT2D eigenvalue weighted by molar-refractivity contribution is -0.164. The molecule has 0 saturated heterocycles. The molecular formula is C27H23NO6. The van der Waals surface area contributed by atoms with Crippen LogP contribution in [0.4, 0.5) is 0 Å². The number of ether oxygens (including phenoxy) is 3. The highest BCUT2D eigenvalue weighted by atomic mass is 16.5. The zero-order chi connectivity index (χ0) is 23.5. The molecule has 34 heavy (non-hydrogen) atoms. The molecule has 4 heterocycles. The van der Waals surface area contributed by atoms with Gasteiger partial charge in [-0.1, -0.05) is 12.1 Å². The molecule has 7 rings (SSSR count). The van der Waals surface area contributed by atoms with Gasteiger partial charge in [-0.3, -0.25) is 9.59 Å². The van der Waals surface area contributed by atoms with E-state index in [1.807, 2.05) is 44.2 Å². The average Bonchev–Trinajstić information content (AvgIpc) is 3.25. The first-order chi connectivity index (χ1) is 16.3. The zero-order valence-corrected chi connectivity index (χ0v) is 19.2. The molecule has 4 unspecified atom stereocenters. The molecule has 1 aliphatic carbocycles. The standard InChI is InChI=1S/C27H23NO6/c1-27(2)22-19(21-24(34-27)12-7-5-6-8-14(12)28(3)25(21)29)18-17-16(33-26(30)20(18)22)11-15-13(9-10-32-15)23(17)31-4/h5-11,18-20,22H,1-4H3. The van der Waals surface area contributed by atoms with Gasteiger partial charge in [0.2, 0.25) is 0 Å². The molecule has 2 aromatic heterocycles. The Balaban J connectivity index is 1.56. The van der Waals surface area contributed by atoms with E-state index >= 15 is 0 Å². The maximum Gasteiger partial charge on any atom is 0.315 e. The van der Waals surface area contributed by atoms with E-state index in [0.717, 1.165) is 21.9 Å². The van der Waals surface area contributed by atoms with Gasteiger partial charge in [0.25, 0.3) is 5.56 Å². The zero-order valence-electron chi connectivity index (χ0n) is 19.2. The lowest BCUT2D eigenvalue weighted by Gasteiger charge is -2.60. The second kappa shape index (κ2) is 6.23. The van der Waals surface area contributed by atoms with Gasteiger partial charge < -0.3 is 23.2 Å². The number of carbonyl (C=O) groups is 1. The normalized spacial score (nSPS) is 25.9. The Labute approximate surface area is 194 Å². The van der Waals surface area contributed by atoms with Crippen molar-refractivity contribution in [1.29, 1.82) is 0 Å². The first-order valence-corrected chi connectivity index (χ1v) is 11.4. The predicted molar refractivity (Wildman–Crippen MR) is 125 cm³/mol. The Kier molecular flexibility index (Phi) is 3.61. The van der Waals surface area contributed by atoms with Gasteiger partial charge in [-0.2, -0.15) is 0 Å². The number of carbonyl (C=O) groups excluding carboxylic acids is 1. The summed E-state index contributed by atoms with van der Waals surface area (Å²) in [5.41, 5.74) is 2.09. The minimum Gasteiger partial charge on any atom is -0.496 e. The summed E-state index contributed by atoms with van der Waals surface area (Å²) >= 11 is 0. The minimum atomic E-state index is -0.669. The van der Waals surface area contributed by atoms with E-state index in [2.05, 4.69) is 0 Å². The summed E-state index contributed by atoms with van der Waals surface area (Å²) in [4.78, 5) is 27.0. The smallest absolute Gasteiger partial charge is 0.315 e. The fourth-order valence-electron chi connectivity index (χ4n) is 6.72. The molecule has 172 valence electrons. The van der Waals surface area contributed by atoms with Crippen LogP contribution in [0.3, 0.4) is 0 Å². The number of methoxy groups -OCH3 is 1. The molecule has 4 aromatic rings. The number of pyridine rings is 1. The highest BCUT2D eigenvalue weighted by Crippen LogP contribution is 2.69. The van der Waals surface area contributed by atoms with Gasteiger partial charge in [-0.05, 0) is 32.0 Å². The van der Waals surface area contributed by atoms with Crippen LogP contribution in [0, 0.1) is 11.8 Å². The summed E-state index contributed by atoms with van der Waals surface area (Å²) in [6.07, 6.45) is 1.59. The largest absolute Gasteiger partial charge is 0.496 e. The number of furan rings is 1. The Morgan fingerprint density at radius 2 is 1.79 bits per heavy atom. The summed E-state index contributed by atoms with van der Waals surface area (Å²) in [5, 5.41) is 1.71. The highest BCUT2D eigenvalue weighted by molar-refractivity contribution is 5.93. The van der Waals surface area contributed by atoms with E-state index in [1.165, 1.54) is 0 Å². The number of aryl methyl sites for hydroxylation is 1. The Bertz CT molecular complexity index is 1610. The number of benzene rings is 2. The van der Waals surface area contributed by atoms with Crippen LogP contribution in [0.1, 0.15) is 36.8 Å². The third-order valence-electron chi connectivity index (χ3n) is 8.07. The van der Waals surface area contributed by atoms with E-state index in [4.69, 9.17) is 18.6 Å². The highest BCUT2D eigenvalue weighted by Gasteiger charge is 2.67. The van der Waals surface area contributed by atoms with Gasteiger partial charge in [0, 0.05) is 41.8 Å². The molecule has 1 fully saturated rings. The van der Waals surface area contributed by atoms with E-state index in [-0.39, 0.29) is 29.3 Å². The molecule has 2 aromatic carbocycles. The first-order valence-electron chi connectivity index (χ1n) is 11.4. The van der Waals surface area contributed by atoms with Crippen molar-refractivity contribution in [3.8, 4) is 17.2 Å². The maximum atomic E-state index is 13.7. The number of aromatic nitrogens is 1. The molecule has 2 aliphatic heterocycles. The van der Waals surface area contributed by atoms with E-state index in [9.17, 15) is 9.59 Å². The van der Waals surface area contributed by atoms with E-state index in [1.54, 1.807) is 31.1 Å². The number of esters is 1. The monoisotopic (exact) mass is 457 g/mol. The molecule has 0 radical (unpaired) electrons. The van der Waals surface area contributed by atoms with E-state index < -0.39 is 11.5 Å². The number of rotatable bonds is 1. The third kappa shape index (κ3) is 2.18. The van der Waals surface area contributed by atoms with Crippen LogP contribution in [-0.4, -0.2) is 23.2 Å². The molecule has 7 nitrogen and oxygen atoms in total. The molecule has 0 amide bonds. The molecule has 0 spiro atoms. The molecule has 3 aliphatic rings. The van der Waals surface area contributed by atoms with Crippen molar-refractivity contribution in [3.63, 3.8) is 0 Å². The van der Waals surface area contributed by atoms with Crippen molar-refractivity contribution in [2.75, 3.05) is 7.11 Å². The summed E-state index contributed by atoms with van der Waals surface area (Å²) < 4.78 is 25.5. The molecule has 1 saturated carbocycles. The number of para-hydroxylation sites is 1. The van der Waals surface area contributed by atoms with Crippen molar-refractivity contribution in [2.45, 2.75) is 31.3 Å². The summed E-state index contributed by atoms with van der Waals surface area (Å²) in [7, 11) is 3.40. The van der Waals surface area contributed by atoms with Crippen LogP contribution in [0.2, 0.25) is 0 Å². The quantitative estimate of drug-likeness (QED) is 0.309. The van der Waals surface area contributed by atoms with E-state index in [0.29, 0.717) is 28.4 Å². The average molecular weight is 457 g/mol. The van der Waals surface area contributed by atoms with Gasteiger partial charge in [0.05, 0.1) is 35.8 Å². The number of fused-ring (bicyclic) bond motifs is 11. The van der Waals surface area contributed by atoms with Crippen LogP contribution in [-0.2, 0) is 11.8 Å². The Morgan fingerprint density at radius 1 is 1.00 bits per heavy atom. The van der Waals surface area contributed by atoms with Crippen molar-refractivity contribution >= 4 is 27.8 Å². The molecular weight excluding hydrogens is 434 g/mol. The molecule has 0 bridgehead atoms. The lowest BCUT2D eigenvalue weighted by Crippen LogP contribution is -2.63. The fourth-order valence-corrected chi connectivity index (χ4v) is 6.72. The van der Waals surface area contributed by atoms with Crippen LogP contribution >= 0.6 is 0 Å². The minimum absolute atomic E-state index is 0.0958. The van der Waals surface area contributed by atoms with Crippen molar-refractivity contribution < 1.29 is 23.4 Å². The second-order valence-corrected chi connectivity index (χ2v) is 10.0. The van der Waals surface area contributed by atoms with Gasteiger partial charge in [0.1, 0.15) is 28.4 Å². The van der Waals surface area contributed by atoms with Crippen LogP contribution in [0.5, 0.6) is 17.2 Å². The van der Waals surface area contributed by atoms with Gasteiger partial charge in [-0.25, -0.2) is 0 Å². The molecule has 7 heteroatoms. The van der Waals surface area contributed by atoms with Crippen LogP contribution < -0.4 is 19.8 Å². The summed E-state index contributed by atoms with van der Waals surface area (Å²) in [6.45, 7) is 3.99. The van der Waals surface area contributed by atoms with Gasteiger partial charge in [0.15, 0.2) is 0 Å². The summed E-state index contributed by atoms with van der Waals surface area (Å²) in [5.74, 6) is 0.275. The van der Waals surface area contributed by atoms with Crippen molar-refractivity contribution in [3.05, 3.63) is 64.1 Å². The number of hydrogen-bond acceptors (Lipinski definition) is 6. The second-order valence-electron chi connectivity index (χ2n) is 10.0. The topological polar surface area (TPSA) is 79.9 Å². The molecule has 4 atom stereocenters. The van der Waals surface area contributed by atoms with Crippen LogP contribution in [0.25, 0.3) is 21.9 Å². The third-order valence-corrected chi connectivity index (χ3v) is 8.07. The van der Waals surface area contributed by atoms with Crippen molar-refractivity contribution in [2.24, 2.45) is 18.9 Å². The predicted octanol–water partition coefficient (Wildman–Crippen LogP) is 4.50. The maximum absolute atomic E-state index is 13.7. The molecule has 0 N–H and O–H groups in total. The van der Waals surface area contributed by atoms with Gasteiger partial charge >= 0.3 is 5.97 Å². The SMILES string of the molecule is COc1c2c(cc3occc13)OC(=O)C1C2C2c3c(c4ccccc4n(C)c3=O)OC(C)(C)C12. The van der Waals surface area contributed by atoms with Crippen LogP contribution in [0.15, 0.2) is 51.9 Å². The summed E-state index contributed by atoms with van der Waals surface area (Å²) in [6, 6.07) is 11.4. The van der Waals surface area contributed by atoms with Gasteiger partial charge in [-0.15, -0.1) is 0 Å².